The smallest absolute Gasteiger partial charge is 0.254 e. The molecule has 1 fully saturated rings. The van der Waals surface area contributed by atoms with E-state index in [1.54, 1.807) is 0 Å². The van der Waals surface area contributed by atoms with Crippen LogP contribution < -0.4 is 16.0 Å². The lowest BCUT2D eigenvalue weighted by Gasteiger charge is -2.23. The molecular formula is C14H18FN3O2. The largest absolute Gasteiger partial charge is 0.382 e. The summed E-state index contributed by atoms with van der Waals surface area (Å²) in [5.41, 5.74) is 0.383. The normalized spacial score (nSPS) is 18.3. The monoisotopic (exact) mass is 279 g/mol. The summed E-state index contributed by atoms with van der Waals surface area (Å²) >= 11 is 0. The third kappa shape index (κ3) is 3.07. The average molecular weight is 279 g/mol. The lowest BCUT2D eigenvalue weighted by Crippen LogP contribution is -2.50. The van der Waals surface area contributed by atoms with E-state index in [2.05, 4.69) is 16.0 Å². The summed E-state index contributed by atoms with van der Waals surface area (Å²) in [6.07, 6.45) is 1.42. The van der Waals surface area contributed by atoms with Crippen LogP contribution in [0.15, 0.2) is 18.2 Å². The van der Waals surface area contributed by atoms with Crippen molar-refractivity contribution in [2.24, 2.45) is 0 Å². The third-order valence-electron chi connectivity index (χ3n) is 3.20. The van der Waals surface area contributed by atoms with Crippen molar-refractivity contribution in [2.75, 3.05) is 18.4 Å². The van der Waals surface area contributed by atoms with Gasteiger partial charge in [-0.3, -0.25) is 9.59 Å². The number of halogens is 1. The summed E-state index contributed by atoms with van der Waals surface area (Å²) in [6.45, 7) is 2.96. The first-order valence-electron chi connectivity index (χ1n) is 6.74. The summed E-state index contributed by atoms with van der Waals surface area (Å²) in [4.78, 5) is 23.8. The molecule has 108 valence electrons. The molecule has 1 aromatic carbocycles. The maximum absolute atomic E-state index is 13.7. The Morgan fingerprint density at radius 3 is 3.00 bits per heavy atom. The number of para-hydroxylation sites is 1. The number of benzene rings is 1. The van der Waals surface area contributed by atoms with E-state index in [-0.39, 0.29) is 17.2 Å². The zero-order valence-corrected chi connectivity index (χ0v) is 11.3. The minimum Gasteiger partial charge on any atom is -0.382 e. The Bertz CT molecular complexity index is 519. The van der Waals surface area contributed by atoms with Crippen molar-refractivity contribution in [3.05, 3.63) is 29.6 Å². The van der Waals surface area contributed by atoms with Crippen molar-refractivity contribution in [1.82, 2.24) is 10.6 Å². The van der Waals surface area contributed by atoms with E-state index in [0.29, 0.717) is 19.5 Å². The van der Waals surface area contributed by atoms with Gasteiger partial charge in [-0.1, -0.05) is 6.07 Å². The van der Waals surface area contributed by atoms with Gasteiger partial charge in [-0.05, 0) is 31.9 Å². The van der Waals surface area contributed by atoms with E-state index < -0.39 is 17.8 Å². The Balaban J connectivity index is 2.16. The van der Waals surface area contributed by atoms with E-state index in [1.807, 2.05) is 6.92 Å². The molecule has 6 heteroatoms. The first-order valence-corrected chi connectivity index (χ1v) is 6.74. The van der Waals surface area contributed by atoms with Gasteiger partial charge in [0.05, 0.1) is 11.3 Å². The highest BCUT2D eigenvalue weighted by molar-refractivity contribution is 6.02. The maximum Gasteiger partial charge on any atom is 0.254 e. The van der Waals surface area contributed by atoms with E-state index in [0.717, 1.165) is 6.42 Å². The fourth-order valence-corrected chi connectivity index (χ4v) is 2.22. The van der Waals surface area contributed by atoms with Gasteiger partial charge in [-0.2, -0.15) is 0 Å². The quantitative estimate of drug-likeness (QED) is 0.777. The molecule has 0 radical (unpaired) electrons. The van der Waals surface area contributed by atoms with E-state index in [4.69, 9.17) is 0 Å². The molecule has 1 aliphatic rings. The molecule has 0 bridgehead atoms. The van der Waals surface area contributed by atoms with E-state index >= 15 is 0 Å². The molecule has 1 saturated heterocycles. The Kier molecular flexibility index (Phi) is 4.55. The molecule has 2 amide bonds. The topological polar surface area (TPSA) is 70.2 Å². The summed E-state index contributed by atoms with van der Waals surface area (Å²) in [6, 6.07) is 3.76. The van der Waals surface area contributed by atoms with Crippen LogP contribution in [0.2, 0.25) is 0 Å². The molecule has 0 saturated carbocycles. The highest BCUT2D eigenvalue weighted by Crippen LogP contribution is 2.20. The molecule has 0 aliphatic carbocycles. The van der Waals surface area contributed by atoms with Crippen LogP contribution in [0.1, 0.15) is 30.1 Å². The molecule has 2 rings (SSSR count). The number of hydrogen-bond donors (Lipinski definition) is 3. The standard InChI is InChI=1S/C14H18FN3O2/c1-2-16-12-9(5-3-6-10(12)15)13(19)18-11-7-4-8-17-14(11)20/h3,5-6,11,16H,2,4,7-8H2,1H3,(H,17,20)(H,18,19). The number of nitrogens with one attached hydrogen (secondary N) is 3. The molecule has 0 aromatic heterocycles. The number of piperidine rings is 1. The predicted molar refractivity (Wildman–Crippen MR) is 74.1 cm³/mol. The summed E-state index contributed by atoms with van der Waals surface area (Å²) in [5.74, 6) is -1.11. The molecule has 1 aromatic rings. The first kappa shape index (κ1) is 14.3. The van der Waals surface area contributed by atoms with Crippen LogP contribution in [0.5, 0.6) is 0 Å². The van der Waals surface area contributed by atoms with Gasteiger partial charge in [0.2, 0.25) is 5.91 Å². The van der Waals surface area contributed by atoms with Gasteiger partial charge < -0.3 is 16.0 Å². The van der Waals surface area contributed by atoms with Gasteiger partial charge >= 0.3 is 0 Å². The molecule has 0 spiro atoms. The zero-order valence-electron chi connectivity index (χ0n) is 11.3. The lowest BCUT2D eigenvalue weighted by atomic mass is 10.1. The van der Waals surface area contributed by atoms with Gasteiger partial charge in [0.1, 0.15) is 11.9 Å². The van der Waals surface area contributed by atoms with E-state index in [9.17, 15) is 14.0 Å². The Hall–Kier alpha value is -2.11. The van der Waals surface area contributed by atoms with Crippen LogP contribution in [-0.2, 0) is 4.79 Å². The number of carbonyl (C=O) groups excluding carboxylic acids is 2. The number of anilines is 1. The molecule has 1 aliphatic heterocycles. The molecule has 1 heterocycles. The van der Waals surface area contributed by atoms with Gasteiger partial charge in [-0.25, -0.2) is 4.39 Å². The van der Waals surface area contributed by atoms with Crippen LogP contribution in [0.4, 0.5) is 10.1 Å². The van der Waals surface area contributed by atoms with Crippen molar-refractivity contribution in [3.8, 4) is 0 Å². The number of carbonyl (C=O) groups is 2. The Morgan fingerprint density at radius 2 is 2.30 bits per heavy atom. The van der Waals surface area contributed by atoms with Crippen LogP contribution in [-0.4, -0.2) is 30.9 Å². The Morgan fingerprint density at radius 1 is 1.50 bits per heavy atom. The molecule has 1 atom stereocenters. The highest BCUT2D eigenvalue weighted by atomic mass is 19.1. The lowest BCUT2D eigenvalue weighted by molar-refractivity contribution is -0.124. The van der Waals surface area contributed by atoms with Gasteiger partial charge in [-0.15, -0.1) is 0 Å². The van der Waals surface area contributed by atoms with E-state index in [1.165, 1.54) is 18.2 Å². The second-order valence-electron chi connectivity index (χ2n) is 4.65. The van der Waals surface area contributed by atoms with Crippen LogP contribution >= 0.6 is 0 Å². The van der Waals surface area contributed by atoms with Crippen LogP contribution in [0.25, 0.3) is 0 Å². The van der Waals surface area contributed by atoms with Gasteiger partial charge in [0, 0.05) is 13.1 Å². The van der Waals surface area contributed by atoms with Gasteiger partial charge in [0.15, 0.2) is 0 Å². The van der Waals surface area contributed by atoms with Crippen molar-refractivity contribution < 1.29 is 14.0 Å². The van der Waals surface area contributed by atoms with Crippen molar-refractivity contribution in [1.29, 1.82) is 0 Å². The van der Waals surface area contributed by atoms with Gasteiger partial charge in [0.25, 0.3) is 5.91 Å². The average Bonchev–Trinajstić information content (AvgIpc) is 2.43. The van der Waals surface area contributed by atoms with Crippen molar-refractivity contribution in [2.45, 2.75) is 25.8 Å². The number of hydrogen-bond acceptors (Lipinski definition) is 3. The minimum atomic E-state index is -0.547. The minimum absolute atomic E-state index is 0.170. The summed E-state index contributed by atoms with van der Waals surface area (Å²) in [7, 11) is 0. The van der Waals surface area contributed by atoms with Crippen LogP contribution in [0.3, 0.4) is 0 Å². The molecule has 3 N–H and O–H groups in total. The second-order valence-corrected chi connectivity index (χ2v) is 4.65. The maximum atomic E-state index is 13.7. The summed E-state index contributed by atoms with van der Waals surface area (Å²) in [5, 5.41) is 8.19. The number of rotatable bonds is 4. The fourth-order valence-electron chi connectivity index (χ4n) is 2.22. The molecule has 20 heavy (non-hydrogen) atoms. The first-order chi connectivity index (χ1) is 9.63. The molecule has 5 nitrogen and oxygen atoms in total. The van der Waals surface area contributed by atoms with Crippen molar-refractivity contribution >= 4 is 17.5 Å². The molecular weight excluding hydrogens is 261 g/mol. The fraction of sp³-hybridized carbons (Fsp3) is 0.429. The predicted octanol–water partition coefficient (Wildman–Crippen LogP) is 1.27. The third-order valence-corrected chi connectivity index (χ3v) is 3.20. The van der Waals surface area contributed by atoms with Crippen LogP contribution in [0, 0.1) is 5.82 Å². The molecule has 1 unspecified atom stereocenters. The number of amides is 2. The van der Waals surface area contributed by atoms with Crippen molar-refractivity contribution in [3.63, 3.8) is 0 Å². The highest BCUT2D eigenvalue weighted by Gasteiger charge is 2.25. The Labute approximate surface area is 116 Å². The second kappa shape index (κ2) is 6.36. The SMILES string of the molecule is CCNc1c(F)cccc1C(=O)NC1CCCNC1=O. The summed E-state index contributed by atoms with van der Waals surface area (Å²) < 4.78 is 13.7. The zero-order chi connectivity index (χ0) is 14.5.